The maximum absolute atomic E-state index is 12.7. The monoisotopic (exact) mass is 1030 g/mol. The number of rotatable bonds is 38. The molecule has 0 bridgehead atoms. The summed E-state index contributed by atoms with van der Waals surface area (Å²) in [5.74, 6) is 0.766. The first-order valence-corrected chi connectivity index (χ1v) is 30.6. The summed E-state index contributed by atoms with van der Waals surface area (Å²) in [6, 6.07) is 29.4. The van der Waals surface area contributed by atoms with E-state index in [0.717, 1.165) is 38.5 Å². The van der Waals surface area contributed by atoms with Crippen molar-refractivity contribution in [2.24, 2.45) is 0 Å². The zero-order chi connectivity index (χ0) is 49.0. The van der Waals surface area contributed by atoms with Crippen molar-refractivity contribution < 1.29 is 45.0 Å². The van der Waals surface area contributed by atoms with Gasteiger partial charge in [-0.3, -0.25) is 9.13 Å². The Morgan fingerprint density at radius 3 is 0.710 bits per heavy atom. The molecular weight excluding hydrogens is 934 g/mol. The van der Waals surface area contributed by atoms with E-state index in [1.165, 1.54) is 189 Å². The van der Waals surface area contributed by atoms with E-state index in [-0.39, 0.29) is 27.7 Å². The van der Waals surface area contributed by atoms with Crippen LogP contribution >= 0.6 is 15.2 Å². The first-order chi connectivity index (χ1) is 33.1. The van der Waals surface area contributed by atoms with Crippen molar-refractivity contribution in [2.75, 3.05) is 0 Å². The van der Waals surface area contributed by atoms with Crippen LogP contribution in [0.15, 0.2) is 97.1 Å². The average molecular weight is 1030 g/mol. The van der Waals surface area contributed by atoms with Crippen LogP contribution in [0.25, 0.3) is 0 Å². The molecule has 0 N–H and O–H groups in total. The zero-order valence-electron chi connectivity index (χ0n) is 43.6. The van der Waals surface area contributed by atoms with Crippen LogP contribution in [0.1, 0.15) is 230 Å². The second-order valence-electron chi connectivity index (χ2n) is 19.3. The molecule has 69 heavy (non-hydrogen) atoms. The van der Waals surface area contributed by atoms with Crippen molar-refractivity contribution in [3.63, 3.8) is 0 Å². The number of hydrogen-bond acceptors (Lipinski definition) is 6. The van der Waals surface area contributed by atoms with Crippen LogP contribution in [0.3, 0.4) is 0 Å². The van der Waals surface area contributed by atoms with Crippen molar-refractivity contribution in [2.45, 2.75) is 233 Å². The summed E-state index contributed by atoms with van der Waals surface area (Å²) in [6.07, 6.45) is 40.1. The van der Waals surface area contributed by atoms with Crippen molar-refractivity contribution >= 4 is 25.8 Å². The molecule has 0 spiro atoms. The molecule has 2 unspecified atom stereocenters. The summed E-state index contributed by atoms with van der Waals surface area (Å²) in [4.78, 5) is 25.4. The molecule has 0 aliphatic heterocycles. The van der Waals surface area contributed by atoms with Gasteiger partial charge in [0, 0.05) is 10.6 Å². The predicted molar refractivity (Wildman–Crippen MR) is 288 cm³/mol. The van der Waals surface area contributed by atoms with Crippen LogP contribution < -0.4 is 29.4 Å². The molecule has 0 heterocycles. The summed E-state index contributed by atoms with van der Waals surface area (Å²) in [5, 5.41) is 0.478. The van der Waals surface area contributed by atoms with Crippen molar-refractivity contribution in [3.05, 3.63) is 119 Å². The van der Waals surface area contributed by atoms with Gasteiger partial charge in [-0.15, -0.1) is 0 Å². The van der Waals surface area contributed by atoms with Gasteiger partial charge in [0.15, 0.2) is 0 Å². The third-order valence-corrected chi connectivity index (χ3v) is 15.8. The molecule has 386 valence electrons. The third kappa shape index (κ3) is 28.9. The Morgan fingerprint density at radius 1 is 0.304 bits per heavy atom. The van der Waals surface area contributed by atoms with E-state index in [1.54, 1.807) is 48.5 Å². The van der Waals surface area contributed by atoms with E-state index >= 15 is 0 Å². The summed E-state index contributed by atoms with van der Waals surface area (Å²) >= 11 is 0. The summed E-state index contributed by atoms with van der Waals surface area (Å²) in [6.45, 7) is 8.97. The minimum atomic E-state index is -4.14. The van der Waals surface area contributed by atoms with Crippen LogP contribution in [0.5, 0.6) is 11.5 Å². The molecule has 2 atom stereocenters. The number of unbranched alkanes of at least 4 members (excludes halogenated alkanes) is 24. The van der Waals surface area contributed by atoms with Gasteiger partial charge < -0.3 is 18.8 Å². The molecule has 4 aromatic carbocycles. The summed E-state index contributed by atoms with van der Waals surface area (Å²) in [7, 11) is -8.28. The molecule has 0 saturated carbocycles. The fraction of sp³-hybridized carbons (Fsp3) is 0.600. The van der Waals surface area contributed by atoms with Crippen LogP contribution in [-0.2, 0) is 51.9 Å². The van der Waals surface area contributed by atoms with Gasteiger partial charge in [-0.1, -0.05) is 230 Å². The predicted octanol–water partition coefficient (Wildman–Crippen LogP) is 17.1. The maximum atomic E-state index is 12.7. The molecule has 9 heteroatoms. The van der Waals surface area contributed by atoms with Crippen molar-refractivity contribution in [1.82, 2.24) is 0 Å². The van der Waals surface area contributed by atoms with Crippen LogP contribution in [0, 0.1) is 0 Å². The third-order valence-electron chi connectivity index (χ3n) is 13.1. The molecule has 4 rings (SSSR count). The Morgan fingerprint density at radius 2 is 0.493 bits per heavy atom. The Balaban J connectivity index is 0.000000467. The van der Waals surface area contributed by atoms with E-state index in [9.17, 15) is 18.9 Å². The van der Waals surface area contributed by atoms with E-state index in [0.29, 0.717) is 11.5 Å². The molecule has 0 saturated heterocycles. The first-order valence-electron chi connectivity index (χ1n) is 27.5. The molecule has 0 radical (unpaired) electrons. The largest absolute Gasteiger partial charge is 2.00 e. The van der Waals surface area contributed by atoms with Crippen LogP contribution in [0.2, 0.25) is 0 Å². The number of hydrogen-bond donors (Lipinski definition) is 0. The van der Waals surface area contributed by atoms with Crippen molar-refractivity contribution in [3.8, 4) is 11.5 Å². The molecule has 6 nitrogen and oxygen atoms in total. The Kier molecular flexibility index (Phi) is 35.3. The maximum Gasteiger partial charge on any atom is 2.00 e. The molecule has 0 aromatic heterocycles. The molecule has 0 amide bonds. The van der Waals surface area contributed by atoms with Gasteiger partial charge in [0.2, 0.25) is 15.2 Å². The Labute approximate surface area is 432 Å². The SMILES string of the molecule is CCCCCCCCCc1ccc(OP(=O)([O-])c2ccc(CCCCCCCCC)cc2)cc1.CCCCCCCCCc1ccc(OP(=O)([O-])c2ccc(CCCCCCCCC)cc2)cc1.[Fe+2]. The molecule has 0 fully saturated rings. The second-order valence-corrected chi connectivity index (χ2v) is 22.7. The van der Waals surface area contributed by atoms with E-state index in [2.05, 4.69) is 27.7 Å². The van der Waals surface area contributed by atoms with Gasteiger partial charge in [-0.2, -0.15) is 0 Å². The summed E-state index contributed by atoms with van der Waals surface area (Å²) in [5.41, 5.74) is 4.84. The number of aryl methyl sites for hydroxylation is 4. The van der Waals surface area contributed by atoms with E-state index in [1.807, 2.05) is 48.5 Å². The average Bonchev–Trinajstić information content (AvgIpc) is 3.34. The topological polar surface area (TPSA) is 98.7 Å². The first kappa shape index (κ1) is 62.5. The fourth-order valence-electron chi connectivity index (χ4n) is 8.65. The molecule has 0 aliphatic carbocycles. The van der Waals surface area contributed by atoms with Gasteiger partial charge in [-0.05, 0) is 122 Å². The zero-order valence-corrected chi connectivity index (χ0v) is 46.5. The quantitative estimate of drug-likeness (QED) is 0.0252. The minimum Gasteiger partial charge on any atom is -0.765 e. The molecule has 4 aromatic rings. The van der Waals surface area contributed by atoms with Crippen LogP contribution in [0.4, 0.5) is 0 Å². The fourth-order valence-corrected chi connectivity index (χ4v) is 10.7. The summed E-state index contributed by atoms with van der Waals surface area (Å²) < 4.78 is 36.2. The molecular formula is C60H92FeO6P2. The van der Waals surface area contributed by atoms with Gasteiger partial charge in [-0.25, -0.2) is 0 Å². The van der Waals surface area contributed by atoms with E-state index < -0.39 is 15.2 Å². The van der Waals surface area contributed by atoms with Gasteiger partial charge in [0.05, 0.1) is 0 Å². The second kappa shape index (κ2) is 39.0. The standard InChI is InChI=1S/2C30H47O3P.Fe/c2*1-3-5-7-9-11-13-15-17-27-19-23-29(24-20-27)33-34(31,32)30-25-21-28(22-26-30)18-16-14-12-10-8-6-4-2;/h2*19-26H,3-18H2,1-2H3,(H,31,32);/q;;+2/p-2. The van der Waals surface area contributed by atoms with Gasteiger partial charge >= 0.3 is 17.1 Å². The van der Waals surface area contributed by atoms with E-state index in [4.69, 9.17) is 9.05 Å². The van der Waals surface area contributed by atoms with Gasteiger partial charge in [0.25, 0.3) is 0 Å². The normalized spacial score (nSPS) is 12.8. The number of benzene rings is 4. The van der Waals surface area contributed by atoms with Gasteiger partial charge in [0.1, 0.15) is 11.5 Å². The van der Waals surface area contributed by atoms with Crippen molar-refractivity contribution in [1.29, 1.82) is 0 Å². The molecule has 0 aliphatic rings. The Bertz CT molecular complexity index is 1780. The Hall–Kier alpha value is -2.62. The van der Waals surface area contributed by atoms with Crippen LogP contribution in [-0.4, -0.2) is 0 Å². The smallest absolute Gasteiger partial charge is 0.765 e. The minimum absolute atomic E-state index is 0.